The number of halogens is 2. The van der Waals surface area contributed by atoms with Crippen LogP contribution in [-0.4, -0.2) is 20.5 Å². The third-order valence-electron chi connectivity index (χ3n) is 2.49. The van der Waals surface area contributed by atoms with Crippen molar-refractivity contribution in [2.75, 3.05) is 0 Å². The summed E-state index contributed by atoms with van der Waals surface area (Å²) in [6.07, 6.45) is 0. The minimum Gasteiger partial charge on any atom is -0.292 e. The van der Waals surface area contributed by atoms with Crippen LogP contribution >= 0.6 is 0 Å². The Labute approximate surface area is 102 Å². The van der Waals surface area contributed by atoms with E-state index >= 15 is 0 Å². The van der Waals surface area contributed by atoms with Crippen molar-refractivity contribution in [3.63, 3.8) is 0 Å². The first-order chi connectivity index (χ1) is 8.47. The Morgan fingerprint density at radius 3 is 2.61 bits per heavy atom. The number of rotatable bonds is 3. The number of nitrogens with zero attached hydrogens (tertiary/aromatic N) is 3. The summed E-state index contributed by atoms with van der Waals surface area (Å²) in [4.78, 5) is 15.9. The predicted octanol–water partition coefficient (Wildman–Crippen LogP) is 2.06. The van der Waals surface area contributed by atoms with Crippen LogP contribution in [0.25, 0.3) is 0 Å². The standard InChI is InChI=1S/C12H11F2N3O/c1-7-15-8(2)17(16-7)6-12(18)10-4-3-9(13)5-11(10)14/h3-5H,6H2,1-2H3. The summed E-state index contributed by atoms with van der Waals surface area (Å²) in [6.45, 7) is 3.29. The van der Waals surface area contributed by atoms with Crippen molar-refractivity contribution < 1.29 is 13.6 Å². The average molecular weight is 251 g/mol. The van der Waals surface area contributed by atoms with E-state index in [0.29, 0.717) is 17.7 Å². The van der Waals surface area contributed by atoms with Crippen molar-refractivity contribution in [2.45, 2.75) is 20.4 Å². The molecule has 2 aromatic rings. The summed E-state index contributed by atoms with van der Waals surface area (Å²) >= 11 is 0. The number of benzene rings is 1. The van der Waals surface area contributed by atoms with Gasteiger partial charge >= 0.3 is 0 Å². The lowest BCUT2D eigenvalue weighted by Crippen LogP contribution is -2.14. The van der Waals surface area contributed by atoms with Crippen LogP contribution in [0.1, 0.15) is 22.0 Å². The van der Waals surface area contributed by atoms with Crippen molar-refractivity contribution in [1.82, 2.24) is 14.8 Å². The van der Waals surface area contributed by atoms with E-state index in [1.165, 1.54) is 4.68 Å². The lowest BCUT2D eigenvalue weighted by atomic mass is 10.1. The van der Waals surface area contributed by atoms with Gasteiger partial charge in [0.2, 0.25) is 0 Å². The van der Waals surface area contributed by atoms with E-state index in [4.69, 9.17) is 0 Å². The predicted molar refractivity (Wildman–Crippen MR) is 60.2 cm³/mol. The number of aromatic nitrogens is 3. The number of Topliss-reactive ketones (excluding diaryl/α,β-unsaturated/α-hetero) is 1. The summed E-state index contributed by atoms with van der Waals surface area (Å²) in [5.74, 6) is -0.935. The molecule has 0 bridgehead atoms. The second-order valence-electron chi connectivity index (χ2n) is 3.91. The van der Waals surface area contributed by atoms with Crippen LogP contribution in [0, 0.1) is 25.5 Å². The van der Waals surface area contributed by atoms with E-state index in [2.05, 4.69) is 10.1 Å². The number of carbonyl (C=O) groups excluding carboxylic acids is 1. The van der Waals surface area contributed by atoms with Crippen LogP contribution in [0.2, 0.25) is 0 Å². The Kier molecular flexibility index (Phi) is 3.18. The fraction of sp³-hybridized carbons (Fsp3) is 0.250. The van der Waals surface area contributed by atoms with E-state index < -0.39 is 17.4 Å². The topological polar surface area (TPSA) is 47.8 Å². The Hall–Kier alpha value is -2.11. The summed E-state index contributed by atoms with van der Waals surface area (Å²) in [5.41, 5.74) is -0.149. The summed E-state index contributed by atoms with van der Waals surface area (Å²) in [7, 11) is 0. The maximum absolute atomic E-state index is 13.4. The van der Waals surface area contributed by atoms with Gasteiger partial charge < -0.3 is 0 Å². The molecular weight excluding hydrogens is 240 g/mol. The number of hydrogen-bond acceptors (Lipinski definition) is 3. The zero-order valence-electron chi connectivity index (χ0n) is 9.94. The zero-order chi connectivity index (χ0) is 13.3. The van der Waals surface area contributed by atoms with Gasteiger partial charge in [0.25, 0.3) is 0 Å². The molecule has 0 amide bonds. The van der Waals surface area contributed by atoms with Crippen LogP contribution in [-0.2, 0) is 6.54 Å². The highest BCUT2D eigenvalue weighted by Gasteiger charge is 2.15. The fourth-order valence-corrected chi connectivity index (χ4v) is 1.65. The van der Waals surface area contributed by atoms with Gasteiger partial charge in [-0.1, -0.05) is 0 Å². The van der Waals surface area contributed by atoms with Crippen molar-refractivity contribution in [1.29, 1.82) is 0 Å². The molecule has 1 heterocycles. The molecule has 0 fully saturated rings. The lowest BCUT2D eigenvalue weighted by molar-refractivity contribution is 0.0962. The van der Waals surface area contributed by atoms with Crippen LogP contribution in [0.4, 0.5) is 8.78 Å². The second kappa shape index (κ2) is 4.64. The van der Waals surface area contributed by atoms with Gasteiger partial charge in [0.1, 0.15) is 29.8 Å². The fourth-order valence-electron chi connectivity index (χ4n) is 1.65. The molecule has 0 aliphatic carbocycles. The van der Waals surface area contributed by atoms with E-state index in [-0.39, 0.29) is 12.1 Å². The lowest BCUT2D eigenvalue weighted by Gasteiger charge is -2.04. The number of aryl methyl sites for hydroxylation is 2. The van der Waals surface area contributed by atoms with Gasteiger partial charge in [-0.2, -0.15) is 5.10 Å². The Morgan fingerprint density at radius 2 is 2.06 bits per heavy atom. The van der Waals surface area contributed by atoms with Crippen LogP contribution in [0.15, 0.2) is 18.2 Å². The molecule has 2 rings (SSSR count). The van der Waals surface area contributed by atoms with Crippen molar-refractivity contribution in [2.24, 2.45) is 0 Å². The number of hydrogen-bond donors (Lipinski definition) is 0. The maximum atomic E-state index is 13.4. The maximum Gasteiger partial charge on any atom is 0.187 e. The highest BCUT2D eigenvalue weighted by atomic mass is 19.1. The molecule has 6 heteroatoms. The summed E-state index contributed by atoms with van der Waals surface area (Å²) in [6, 6.07) is 2.87. The van der Waals surface area contributed by atoms with Gasteiger partial charge in [-0.3, -0.25) is 4.79 Å². The van der Waals surface area contributed by atoms with Crippen LogP contribution < -0.4 is 0 Å². The molecular formula is C12H11F2N3O. The van der Waals surface area contributed by atoms with Crippen molar-refractivity contribution >= 4 is 5.78 Å². The minimum atomic E-state index is -0.866. The third-order valence-corrected chi connectivity index (χ3v) is 2.49. The number of ketones is 1. The minimum absolute atomic E-state index is 0.116. The van der Waals surface area contributed by atoms with E-state index in [0.717, 1.165) is 12.1 Å². The Balaban J connectivity index is 2.24. The molecule has 0 unspecified atom stereocenters. The molecule has 1 aromatic heterocycles. The molecule has 0 aliphatic heterocycles. The van der Waals surface area contributed by atoms with Gasteiger partial charge in [-0.15, -0.1) is 0 Å². The summed E-state index contributed by atoms with van der Waals surface area (Å²) < 4.78 is 27.5. The van der Waals surface area contributed by atoms with Gasteiger partial charge in [0.05, 0.1) is 5.56 Å². The van der Waals surface area contributed by atoms with E-state index in [1.54, 1.807) is 13.8 Å². The Bertz CT molecular complexity index is 607. The molecule has 0 N–H and O–H groups in total. The zero-order valence-corrected chi connectivity index (χ0v) is 9.94. The van der Waals surface area contributed by atoms with Crippen molar-refractivity contribution in [3.05, 3.63) is 47.0 Å². The molecule has 1 aromatic carbocycles. The normalized spacial score (nSPS) is 10.7. The van der Waals surface area contributed by atoms with Crippen LogP contribution in [0.3, 0.4) is 0 Å². The highest BCUT2D eigenvalue weighted by Crippen LogP contribution is 2.11. The monoisotopic (exact) mass is 251 g/mol. The van der Waals surface area contributed by atoms with E-state index in [9.17, 15) is 13.6 Å². The number of carbonyl (C=O) groups is 1. The largest absolute Gasteiger partial charge is 0.292 e. The molecule has 0 saturated carbocycles. The summed E-state index contributed by atoms with van der Waals surface area (Å²) in [5, 5.41) is 4.01. The molecule has 0 radical (unpaired) electrons. The van der Waals surface area contributed by atoms with Gasteiger partial charge in [-0.25, -0.2) is 18.4 Å². The first-order valence-corrected chi connectivity index (χ1v) is 5.33. The van der Waals surface area contributed by atoms with Gasteiger partial charge in [0.15, 0.2) is 5.78 Å². The highest BCUT2D eigenvalue weighted by molar-refractivity contribution is 5.96. The van der Waals surface area contributed by atoms with Gasteiger partial charge in [0, 0.05) is 6.07 Å². The second-order valence-corrected chi connectivity index (χ2v) is 3.91. The smallest absolute Gasteiger partial charge is 0.187 e. The molecule has 0 atom stereocenters. The molecule has 4 nitrogen and oxygen atoms in total. The SMILES string of the molecule is Cc1nc(C)n(CC(=O)c2ccc(F)cc2F)n1. The van der Waals surface area contributed by atoms with Crippen LogP contribution in [0.5, 0.6) is 0 Å². The quantitative estimate of drug-likeness (QED) is 0.784. The molecule has 0 aliphatic rings. The molecule has 0 spiro atoms. The average Bonchev–Trinajstić information content (AvgIpc) is 2.57. The van der Waals surface area contributed by atoms with E-state index in [1.807, 2.05) is 0 Å². The third kappa shape index (κ3) is 2.42. The van der Waals surface area contributed by atoms with Crippen molar-refractivity contribution in [3.8, 4) is 0 Å². The first kappa shape index (κ1) is 12.3. The molecule has 0 saturated heterocycles. The first-order valence-electron chi connectivity index (χ1n) is 5.33. The molecule has 18 heavy (non-hydrogen) atoms. The van der Waals surface area contributed by atoms with Gasteiger partial charge in [-0.05, 0) is 26.0 Å². The molecule has 94 valence electrons. The Morgan fingerprint density at radius 1 is 1.33 bits per heavy atom.